The molecule has 2 nitrogen and oxygen atoms in total. The third kappa shape index (κ3) is 1.74. The monoisotopic (exact) mass is 206 g/mol. The molecule has 74 valence electrons. The summed E-state index contributed by atoms with van der Waals surface area (Å²) in [6.45, 7) is 0.990. The summed E-state index contributed by atoms with van der Waals surface area (Å²) in [5, 5.41) is 3.54. The lowest BCUT2D eigenvalue weighted by molar-refractivity contribution is 0.404. The molecular formula is C11H14N2S. The molecule has 0 saturated heterocycles. The number of fused-ring (bicyclic) bond motifs is 1. The van der Waals surface area contributed by atoms with Crippen LogP contribution in [0.15, 0.2) is 23.6 Å². The van der Waals surface area contributed by atoms with Gasteiger partial charge in [0.1, 0.15) is 0 Å². The zero-order chi connectivity index (χ0) is 10.1. The van der Waals surface area contributed by atoms with Crippen molar-refractivity contribution in [3.8, 4) is 0 Å². The zero-order valence-corrected chi connectivity index (χ0v) is 9.27. The lowest BCUT2D eigenvalue weighted by Crippen LogP contribution is -2.09. The molecule has 0 unspecified atom stereocenters. The molecule has 0 spiro atoms. The molecule has 0 aliphatic heterocycles. The molecule has 0 atom stereocenters. The fourth-order valence-electron chi connectivity index (χ4n) is 1.56. The highest BCUT2D eigenvalue weighted by molar-refractivity contribution is 7.17. The largest absolute Gasteiger partial charge is 0.399 e. The van der Waals surface area contributed by atoms with Gasteiger partial charge in [-0.25, -0.2) is 0 Å². The number of nitrogens with zero attached hydrogens (tertiary/aromatic N) is 1. The van der Waals surface area contributed by atoms with E-state index in [-0.39, 0.29) is 0 Å². The van der Waals surface area contributed by atoms with Gasteiger partial charge >= 0.3 is 0 Å². The number of anilines is 1. The van der Waals surface area contributed by atoms with E-state index in [1.165, 1.54) is 15.6 Å². The van der Waals surface area contributed by atoms with Gasteiger partial charge in [0.2, 0.25) is 0 Å². The van der Waals surface area contributed by atoms with Crippen LogP contribution in [0.1, 0.15) is 5.56 Å². The van der Waals surface area contributed by atoms with Crippen LogP contribution in [0, 0.1) is 0 Å². The first-order valence-electron chi connectivity index (χ1n) is 4.57. The third-order valence-corrected chi connectivity index (χ3v) is 3.16. The summed E-state index contributed by atoms with van der Waals surface area (Å²) < 4.78 is 1.28. The topological polar surface area (TPSA) is 29.3 Å². The van der Waals surface area contributed by atoms with Crippen molar-refractivity contribution in [1.82, 2.24) is 4.90 Å². The van der Waals surface area contributed by atoms with Crippen LogP contribution in [0.2, 0.25) is 0 Å². The van der Waals surface area contributed by atoms with Gasteiger partial charge in [-0.2, -0.15) is 0 Å². The van der Waals surface area contributed by atoms with E-state index in [4.69, 9.17) is 5.73 Å². The lowest BCUT2D eigenvalue weighted by atomic mass is 10.1. The molecule has 2 rings (SSSR count). The maximum atomic E-state index is 5.73. The highest BCUT2D eigenvalue weighted by atomic mass is 32.1. The molecule has 0 amide bonds. The first-order valence-corrected chi connectivity index (χ1v) is 5.45. The van der Waals surface area contributed by atoms with Crippen molar-refractivity contribution in [2.75, 3.05) is 19.8 Å². The van der Waals surface area contributed by atoms with E-state index < -0.39 is 0 Å². The van der Waals surface area contributed by atoms with Crippen LogP contribution >= 0.6 is 11.3 Å². The molecule has 1 aromatic carbocycles. The normalized spacial score (nSPS) is 11.4. The minimum atomic E-state index is 0.843. The predicted molar refractivity (Wildman–Crippen MR) is 63.6 cm³/mol. The van der Waals surface area contributed by atoms with Gasteiger partial charge in [-0.05, 0) is 42.6 Å². The van der Waals surface area contributed by atoms with E-state index in [0.717, 1.165) is 12.2 Å². The van der Waals surface area contributed by atoms with Crippen molar-refractivity contribution in [2.24, 2.45) is 0 Å². The van der Waals surface area contributed by atoms with Gasteiger partial charge in [0.25, 0.3) is 0 Å². The number of nitrogens with two attached hydrogens (primary N) is 1. The SMILES string of the molecule is CN(C)Cc1csc2cc(N)ccc12. The molecule has 2 N–H and O–H groups in total. The quantitative estimate of drug-likeness (QED) is 0.765. The highest BCUT2D eigenvalue weighted by Gasteiger charge is 2.04. The van der Waals surface area contributed by atoms with E-state index in [1.54, 1.807) is 11.3 Å². The lowest BCUT2D eigenvalue weighted by Gasteiger charge is -2.07. The molecule has 0 aliphatic carbocycles. The fraction of sp³-hybridized carbons (Fsp3) is 0.273. The Hall–Kier alpha value is -1.06. The van der Waals surface area contributed by atoms with Gasteiger partial charge in [-0.3, -0.25) is 0 Å². The Morgan fingerprint density at radius 2 is 2.14 bits per heavy atom. The second-order valence-electron chi connectivity index (χ2n) is 3.75. The Kier molecular flexibility index (Phi) is 2.44. The van der Waals surface area contributed by atoms with Crippen molar-refractivity contribution < 1.29 is 0 Å². The molecule has 0 radical (unpaired) electrons. The standard InChI is InChI=1S/C11H14N2S/c1-13(2)6-8-7-14-11-5-9(12)3-4-10(8)11/h3-5,7H,6,12H2,1-2H3. The van der Waals surface area contributed by atoms with E-state index in [9.17, 15) is 0 Å². The van der Waals surface area contributed by atoms with E-state index in [0.29, 0.717) is 0 Å². The highest BCUT2D eigenvalue weighted by Crippen LogP contribution is 2.28. The summed E-state index contributed by atoms with van der Waals surface area (Å²) in [5.74, 6) is 0. The molecule has 3 heteroatoms. The van der Waals surface area contributed by atoms with E-state index in [2.05, 4.69) is 30.4 Å². The van der Waals surface area contributed by atoms with Crippen LogP contribution in [0.3, 0.4) is 0 Å². The van der Waals surface area contributed by atoms with Crippen LogP contribution in [-0.4, -0.2) is 19.0 Å². The van der Waals surface area contributed by atoms with Gasteiger partial charge in [0.15, 0.2) is 0 Å². The van der Waals surface area contributed by atoms with E-state index >= 15 is 0 Å². The van der Waals surface area contributed by atoms with Crippen molar-refractivity contribution in [1.29, 1.82) is 0 Å². The van der Waals surface area contributed by atoms with Crippen LogP contribution in [0.4, 0.5) is 5.69 Å². The van der Waals surface area contributed by atoms with Crippen molar-refractivity contribution in [3.63, 3.8) is 0 Å². The number of hydrogen-bond donors (Lipinski definition) is 1. The van der Waals surface area contributed by atoms with Gasteiger partial charge < -0.3 is 10.6 Å². The molecule has 0 aliphatic rings. The van der Waals surface area contributed by atoms with Gasteiger partial charge in [-0.15, -0.1) is 11.3 Å². The summed E-state index contributed by atoms with van der Waals surface area (Å²) in [6.07, 6.45) is 0. The predicted octanol–water partition coefficient (Wildman–Crippen LogP) is 2.55. The van der Waals surface area contributed by atoms with Crippen LogP contribution in [0.25, 0.3) is 10.1 Å². The van der Waals surface area contributed by atoms with Gasteiger partial charge in [0.05, 0.1) is 0 Å². The molecule has 0 saturated carbocycles. The van der Waals surface area contributed by atoms with Crippen molar-refractivity contribution >= 4 is 27.1 Å². The third-order valence-electron chi connectivity index (χ3n) is 2.17. The summed E-state index contributed by atoms with van der Waals surface area (Å²) in [5.41, 5.74) is 7.96. The maximum Gasteiger partial charge on any atom is 0.0366 e. The molecular weight excluding hydrogens is 192 g/mol. The molecule has 14 heavy (non-hydrogen) atoms. The molecule has 0 fully saturated rings. The van der Waals surface area contributed by atoms with Gasteiger partial charge in [0, 0.05) is 16.9 Å². The Labute approximate surface area is 87.9 Å². The average molecular weight is 206 g/mol. The first-order chi connectivity index (χ1) is 6.66. The zero-order valence-electron chi connectivity index (χ0n) is 8.45. The average Bonchev–Trinajstić information content (AvgIpc) is 2.47. The minimum absolute atomic E-state index is 0.843. The molecule has 0 bridgehead atoms. The summed E-state index contributed by atoms with van der Waals surface area (Å²) in [7, 11) is 4.17. The summed E-state index contributed by atoms with van der Waals surface area (Å²) in [4.78, 5) is 2.18. The van der Waals surface area contributed by atoms with Crippen molar-refractivity contribution in [2.45, 2.75) is 6.54 Å². The number of rotatable bonds is 2. The molecule has 1 aromatic heterocycles. The van der Waals surface area contributed by atoms with Crippen molar-refractivity contribution in [3.05, 3.63) is 29.1 Å². The first kappa shape index (κ1) is 9.49. The number of nitrogen functional groups attached to an aromatic ring is 1. The Bertz CT molecular complexity index is 445. The van der Waals surface area contributed by atoms with Gasteiger partial charge in [-0.1, -0.05) is 6.07 Å². The second-order valence-corrected chi connectivity index (χ2v) is 4.67. The maximum absolute atomic E-state index is 5.73. The fourth-order valence-corrected chi connectivity index (χ4v) is 2.56. The smallest absolute Gasteiger partial charge is 0.0366 e. The second kappa shape index (κ2) is 3.59. The molecule has 2 aromatic rings. The van der Waals surface area contributed by atoms with E-state index in [1.807, 2.05) is 12.1 Å². The van der Waals surface area contributed by atoms with Crippen LogP contribution in [0.5, 0.6) is 0 Å². The Morgan fingerprint density at radius 3 is 2.86 bits per heavy atom. The minimum Gasteiger partial charge on any atom is -0.399 e. The molecule has 1 heterocycles. The van der Waals surface area contributed by atoms with Crippen LogP contribution in [-0.2, 0) is 6.54 Å². The number of benzene rings is 1. The van der Waals surface area contributed by atoms with Crippen LogP contribution < -0.4 is 5.73 Å². The number of thiophene rings is 1. The summed E-state index contributed by atoms with van der Waals surface area (Å²) >= 11 is 1.76. The Balaban J connectivity index is 2.47. The number of hydrogen-bond acceptors (Lipinski definition) is 3. The summed E-state index contributed by atoms with van der Waals surface area (Å²) in [6, 6.07) is 6.12. The Morgan fingerprint density at radius 1 is 1.36 bits per heavy atom.